The highest BCUT2D eigenvalue weighted by Gasteiger charge is 2.14. The molecule has 1 N–H and O–H groups in total. The van der Waals surface area contributed by atoms with Gasteiger partial charge in [0.25, 0.3) is 5.91 Å². The average Bonchev–Trinajstić information content (AvgIpc) is 2.63. The van der Waals surface area contributed by atoms with Crippen molar-refractivity contribution in [2.24, 2.45) is 0 Å². The Balaban J connectivity index is 1.67. The zero-order chi connectivity index (χ0) is 19.9. The summed E-state index contributed by atoms with van der Waals surface area (Å²) in [5.74, 6) is -1.33. The van der Waals surface area contributed by atoms with Crippen LogP contribution in [0.3, 0.4) is 0 Å². The van der Waals surface area contributed by atoms with Gasteiger partial charge >= 0.3 is 5.97 Å². The van der Waals surface area contributed by atoms with Crippen LogP contribution in [0.2, 0.25) is 0 Å². The molecule has 0 radical (unpaired) electrons. The summed E-state index contributed by atoms with van der Waals surface area (Å²) in [5.41, 5.74) is 1.08. The van der Waals surface area contributed by atoms with Crippen molar-refractivity contribution in [2.75, 3.05) is 19.8 Å². The first-order valence-electron chi connectivity index (χ1n) is 8.69. The highest BCUT2D eigenvalue weighted by molar-refractivity contribution is 5.91. The number of carbonyl (C=O) groups is 2. The van der Waals surface area contributed by atoms with Crippen LogP contribution in [0.1, 0.15) is 36.7 Å². The number of hydrogen-bond acceptors (Lipinski definition) is 4. The first kappa shape index (κ1) is 20.4. The van der Waals surface area contributed by atoms with Crippen LogP contribution >= 0.6 is 0 Å². The van der Waals surface area contributed by atoms with Gasteiger partial charge < -0.3 is 14.8 Å². The van der Waals surface area contributed by atoms with Crippen molar-refractivity contribution in [3.8, 4) is 5.75 Å². The van der Waals surface area contributed by atoms with Crippen molar-refractivity contribution >= 4 is 11.9 Å². The Kier molecular flexibility index (Phi) is 6.93. The molecule has 0 aliphatic heterocycles. The van der Waals surface area contributed by atoms with Crippen LogP contribution < -0.4 is 10.1 Å². The first-order valence-corrected chi connectivity index (χ1v) is 8.69. The van der Waals surface area contributed by atoms with Crippen LogP contribution in [0.5, 0.6) is 5.75 Å². The van der Waals surface area contributed by atoms with Gasteiger partial charge in [-0.2, -0.15) is 0 Å². The number of esters is 1. The molecule has 0 atom stereocenters. The molecule has 0 aromatic heterocycles. The van der Waals surface area contributed by atoms with E-state index in [9.17, 15) is 14.0 Å². The largest absolute Gasteiger partial charge is 0.492 e. The van der Waals surface area contributed by atoms with Gasteiger partial charge in [-0.1, -0.05) is 45.0 Å². The van der Waals surface area contributed by atoms with E-state index in [4.69, 9.17) is 9.47 Å². The second kappa shape index (κ2) is 9.16. The van der Waals surface area contributed by atoms with E-state index < -0.39 is 24.3 Å². The molecule has 5 nitrogen and oxygen atoms in total. The average molecular weight is 373 g/mol. The molecule has 0 heterocycles. The van der Waals surface area contributed by atoms with Gasteiger partial charge in [-0.25, -0.2) is 9.18 Å². The maximum Gasteiger partial charge on any atom is 0.341 e. The van der Waals surface area contributed by atoms with Gasteiger partial charge in [-0.15, -0.1) is 0 Å². The molecule has 1 amide bonds. The van der Waals surface area contributed by atoms with Crippen LogP contribution in [0.4, 0.5) is 4.39 Å². The van der Waals surface area contributed by atoms with Crippen LogP contribution in [0, 0.1) is 5.82 Å². The molecule has 144 valence electrons. The number of ether oxygens (including phenoxy) is 2. The Bertz CT molecular complexity index is 782. The molecule has 6 heteroatoms. The molecule has 2 rings (SSSR count). The minimum atomic E-state index is -0.876. The SMILES string of the molecule is CC(C)(C)c1ccc(OCCNC(=O)COC(=O)c2ccccc2F)cc1. The number of nitrogens with one attached hydrogen (secondary N) is 1. The minimum Gasteiger partial charge on any atom is -0.492 e. The molecular weight excluding hydrogens is 349 g/mol. The number of carbonyl (C=O) groups excluding carboxylic acids is 2. The zero-order valence-corrected chi connectivity index (χ0v) is 15.8. The summed E-state index contributed by atoms with van der Waals surface area (Å²) in [5, 5.41) is 2.58. The van der Waals surface area contributed by atoms with Crippen LogP contribution in [0.25, 0.3) is 0 Å². The molecule has 0 unspecified atom stereocenters. The van der Waals surface area contributed by atoms with Crippen LogP contribution in [-0.4, -0.2) is 31.6 Å². The zero-order valence-electron chi connectivity index (χ0n) is 15.8. The van der Waals surface area contributed by atoms with Crippen molar-refractivity contribution in [1.29, 1.82) is 0 Å². The Hall–Kier alpha value is -2.89. The summed E-state index contributed by atoms with van der Waals surface area (Å²) >= 11 is 0. The maximum absolute atomic E-state index is 13.4. The van der Waals surface area contributed by atoms with Gasteiger partial charge in [0.15, 0.2) is 6.61 Å². The molecule has 0 saturated heterocycles. The molecule has 0 saturated carbocycles. The second-order valence-corrected chi connectivity index (χ2v) is 7.03. The van der Waals surface area contributed by atoms with Gasteiger partial charge in [0.2, 0.25) is 0 Å². The Morgan fingerprint density at radius 2 is 1.70 bits per heavy atom. The molecule has 0 aliphatic rings. The van der Waals surface area contributed by atoms with E-state index >= 15 is 0 Å². The molecule has 0 aliphatic carbocycles. The van der Waals surface area contributed by atoms with Crippen LogP contribution in [0.15, 0.2) is 48.5 Å². The molecule has 0 fully saturated rings. The predicted molar refractivity (Wildman–Crippen MR) is 100 cm³/mol. The lowest BCUT2D eigenvalue weighted by Gasteiger charge is -2.19. The van der Waals surface area contributed by atoms with E-state index in [1.165, 1.54) is 23.8 Å². The summed E-state index contributed by atoms with van der Waals surface area (Å²) < 4.78 is 23.8. The third kappa shape index (κ3) is 6.40. The van der Waals surface area contributed by atoms with Crippen molar-refractivity contribution < 1.29 is 23.5 Å². The highest BCUT2D eigenvalue weighted by atomic mass is 19.1. The lowest BCUT2D eigenvalue weighted by atomic mass is 9.87. The summed E-state index contributed by atoms with van der Waals surface area (Å²) in [7, 11) is 0. The van der Waals surface area contributed by atoms with E-state index in [1.807, 2.05) is 24.3 Å². The van der Waals surface area contributed by atoms with E-state index in [2.05, 4.69) is 26.1 Å². The minimum absolute atomic E-state index is 0.0760. The number of amides is 1. The fraction of sp³-hybridized carbons (Fsp3) is 0.333. The lowest BCUT2D eigenvalue weighted by Crippen LogP contribution is -2.32. The molecule has 0 bridgehead atoms. The van der Waals surface area contributed by atoms with E-state index in [-0.39, 0.29) is 24.1 Å². The number of rotatable bonds is 7. The molecule has 2 aromatic carbocycles. The lowest BCUT2D eigenvalue weighted by molar-refractivity contribution is -0.124. The standard InChI is InChI=1S/C21H24FNO4/c1-21(2,3)15-8-10-16(11-9-15)26-13-12-23-19(24)14-27-20(25)17-6-4-5-7-18(17)22/h4-11H,12-14H2,1-3H3,(H,23,24). The summed E-state index contributed by atoms with van der Waals surface area (Å²) in [4.78, 5) is 23.4. The van der Waals surface area contributed by atoms with Gasteiger partial charge in [0.05, 0.1) is 12.1 Å². The fourth-order valence-electron chi connectivity index (χ4n) is 2.30. The van der Waals surface area contributed by atoms with Gasteiger partial charge in [0.1, 0.15) is 18.2 Å². The Labute approximate surface area is 158 Å². The third-order valence-electron chi connectivity index (χ3n) is 3.84. The van der Waals surface area contributed by atoms with Crippen LogP contribution in [-0.2, 0) is 14.9 Å². The van der Waals surface area contributed by atoms with Gasteiger partial charge in [-0.05, 0) is 35.2 Å². The highest BCUT2D eigenvalue weighted by Crippen LogP contribution is 2.24. The van der Waals surface area contributed by atoms with Crippen molar-refractivity contribution in [3.63, 3.8) is 0 Å². The predicted octanol–water partition coefficient (Wildman–Crippen LogP) is 3.48. The van der Waals surface area contributed by atoms with E-state index in [0.29, 0.717) is 5.75 Å². The van der Waals surface area contributed by atoms with Crippen molar-refractivity contribution in [3.05, 3.63) is 65.5 Å². The second-order valence-electron chi connectivity index (χ2n) is 7.03. The Morgan fingerprint density at radius 1 is 1.04 bits per heavy atom. The third-order valence-corrected chi connectivity index (χ3v) is 3.84. The topological polar surface area (TPSA) is 64.6 Å². The number of halogens is 1. The molecule has 27 heavy (non-hydrogen) atoms. The van der Waals surface area contributed by atoms with E-state index in [0.717, 1.165) is 6.07 Å². The smallest absolute Gasteiger partial charge is 0.341 e. The fourth-order valence-corrected chi connectivity index (χ4v) is 2.30. The molecular formula is C21H24FNO4. The van der Waals surface area contributed by atoms with Crippen molar-refractivity contribution in [2.45, 2.75) is 26.2 Å². The molecule has 2 aromatic rings. The van der Waals surface area contributed by atoms with E-state index in [1.54, 1.807) is 0 Å². The number of hydrogen-bond donors (Lipinski definition) is 1. The summed E-state index contributed by atoms with van der Waals surface area (Å²) in [6.07, 6.45) is 0. The van der Waals surface area contributed by atoms with Gasteiger partial charge in [0, 0.05) is 0 Å². The number of benzene rings is 2. The quantitative estimate of drug-likeness (QED) is 0.596. The maximum atomic E-state index is 13.4. The molecule has 0 spiro atoms. The Morgan fingerprint density at radius 3 is 2.33 bits per heavy atom. The van der Waals surface area contributed by atoms with Gasteiger partial charge in [-0.3, -0.25) is 4.79 Å². The normalized spacial score (nSPS) is 11.0. The van der Waals surface area contributed by atoms with Crippen molar-refractivity contribution in [1.82, 2.24) is 5.32 Å². The first-order chi connectivity index (χ1) is 12.8. The monoisotopic (exact) mass is 373 g/mol. The summed E-state index contributed by atoms with van der Waals surface area (Å²) in [6.45, 7) is 6.47. The summed E-state index contributed by atoms with van der Waals surface area (Å²) in [6, 6.07) is 13.2.